The number of hydrogen-bond donors (Lipinski definition) is 1. The van der Waals surface area contributed by atoms with E-state index < -0.39 is 11.6 Å². The van der Waals surface area contributed by atoms with Gasteiger partial charge in [0.05, 0.1) is 11.3 Å². The van der Waals surface area contributed by atoms with Crippen molar-refractivity contribution < 1.29 is 8.78 Å². The molecule has 1 aliphatic rings. The Kier molecular flexibility index (Phi) is 3.25. The van der Waals surface area contributed by atoms with E-state index >= 15 is 0 Å². The molecule has 0 radical (unpaired) electrons. The van der Waals surface area contributed by atoms with Gasteiger partial charge in [0.2, 0.25) is 0 Å². The quantitative estimate of drug-likeness (QED) is 0.807. The summed E-state index contributed by atoms with van der Waals surface area (Å²) in [6.45, 7) is 3.99. The fourth-order valence-electron chi connectivity index (χ4n) is 2.02. The number of piperazine rings is 1. The van der Waals surface area contributed by atoms with Crippen molar-refractivity contribution >= 4 is 5.69 Å². The first-order valence-electron chi connectivity index (χ1n) is 5.49. The number of halogens is 2. The van der Waals surface area contributed by atoms with Crippen LogP contribution in [0.15, 0.2) is 12.1 Å². The summed E-state index contributed by atoms with van der Waals surface area (Å²) in [7, 11) is 0. The van der Waals surface area contributed by atoms with Crippen LogP contribution in [-0.2, 0) is 0 Å². The highest BCUT2D eigenvalue weighted by atomic mass is 19.1. The van der Waals surface area contributed by atoms with Gasteiger partial charge in [-0.15, -0.1) is 0 Å². The van der Waals surface area contributed by atoms with Crippen molar-refractivity contribution in [3.05, 3.63) is 29.3 Å². The van der Waals surface area contributed by atoms with Crippen molar-refractivity contribution in [2.24, 2.45) is 0 Å². The van der Waals surface area contributed by atoms with Gasteiger partial charge in [0.15, 0.2) is 0 Å². The number of hydrogen-bond acceptors (Lipinski definition) is 3. The minimum atomic E-state index is -0.671. The SMILES string of the molecule is C[C@H]1CN(c2cc(F)c(C#N)cc2F)CCN1. The summed E-state index contributed by atoms with van der Waals surface area (Å²) in [6.07, 6.45) is 0. The highest BCUT2D eigenvalue weighted by Gasteiger charge is 2.20. The summed E-state index contributed by atoms with van der Waals surface area (Å²) < 4.78 is 27.2. The van der Waals surface area contributed by atoms with Crippen molar-refractivity contribution in [2.75, 3.05) is 24.5 Å². The van der Waals surface area contributed by atoms with E-state index in [4.69, 9.17) is 5.26 Å². The van der Waals surface area contributed by atoms with Gasteiger partial charge in [-0.25, -0.2) is 8.78 Å². The van der Waals surface area contributed by atoms with E-state index in [1.165, 1.54) is 0 Å². The summed E-state index contributed by atoms with van der Waals surface area (Å²) in [5.41, 5.74) is -0.0238. The Balaban J connectivity index is 2.32. The molecule has 17 heavy (non-hydrogen) atoms. The molecule has 0 saturated carbocycles. The Labute approximate surface area is 98.6 Å². The standard InChI is InChI=1S/C12H13F2N3/c1-8-7-17(3-2-16-8)12-5-10(13)9(6-15)4-11(12)14/h4-5,8,16H,2-3,7H2,1H3/t8-/m0/s1. The predicted molar refractivity (Wildman–Crippen MR) is 60.8 cm³/mol. The highest BCUT2D eigenvalue weighted by Crippen LogP contribution is 2.23. The van der Waals surface area contributed by atoms with Gasteiger partial charge < -0.3 is 10.2 Å². The molecule has 1 aliphatic heterocycles. The molecular weight excluding hydrogens is 224 g/mol. The molecule has 0 aromatic heterocycles. The zero-order valence-corrected chi connectivity index (χ0v) is 9.50. The monoisotopic (exact) mass is 237 g/mol. The van der Waals surface area contributed by atoms with Crippen molar-refractivity contribution in [3.63, 3.8) is 0 Å². The Morgan fingerprint density at radius 3 is 2.82 bits per heavy atom. The summed E-state index contributed by atoms with van der Waals surface area (Å²) >= 11 is 0. The molecule has 0 bridgehead atoms. The molecule has 0 spiro atoms. The zero-order chi connectivity index (χ0) is 12.4. The minimum absolute atomic E-state index is 0.231. The Bertz CT molecular complexity index is 468. The summed E-state index contributed by atoms with van der Waals surface area (Å²) in [6, 6.07) is 3.93. The third kappa shape index (κ3) is 2.37. The molecular formula is C12H13F2N3. The number of nitriles is 1. The smallest absolute Gasteiger partial charge is 0.148 e. The Morgan fingerprint density at radius 2 is 2.18 bits per heavy atom. The fraction of sp³-hybridized carbons (Fsp3) is 0.417. The van der Waals surface area contributed by atoms with Crippen molar-refractivity contribution in [2.45, 2.75) is 13.0 Å². The maximum Gasteiger partial charge on any atom is 0.148 e. The van der Waals surface area contributed by atoms with Gasteiger partial charge in [-0.1, -0.05) is 0 Å². The number of anilines is 1. The molecule has 0 aliphatic carbocycles. The second kappa shape index (κ2) is 4.68. The largest absolute Gasteiger partial charge is 0.366 e. The Hall–Kier alpha value is -1.67. The van der Waals surface area contributed by atoms with Crippen LogP contribution < -0.4 is 10.2 Å². The van der Waals surface area contributed by atoms with Crippen molar-refractivity contribution in [1.82, 2.24) is 5.32 Å². The van der Waals surface area contributed by atoms with E-state index in [-0.39, 0.29) is 17.3 Å². The summed E-state index contributed by atoms with van der Waals surface area (Å²) in [4.78, 5) is 1.79. The zero-order valence-electron chi connectivity index (χ0n) is 9.50. The molecule has 0 unspecified atom stereocenters. The van der Waals surface area contributed by atoms with Crippen LogP contribution in [0, 0.1) is 23.0 Å². The van der Waals surface area contributed by atoms with E-state index in [0.29, 0.717) is 13.1 Å². The van der Waals surface area contributed by atoms with Crippen LogP contribution in [0.3, 0.4) is 0 Å². The van der Waals surface area contributed by atoms with Gasteiger partial charge in [-0.2, -0.15) is 5.26 Å². The molecule has 3 nitrogen and oxygen atoms in total. The lowest BCUT2D eigenvalue weighted by Crippen LogP contribution is -2.49. The molecule has 1 aromatic carbocycles. The molecule has 1 fully saturated rings. The van der Waals surface area contributed by atoms with E-state index in [2.05, 4.69) is 5.32 Å². The van der Waals surface area contributed by atoms with Crippen LogP contribution in [-0.4, -0.2) is 25.7 Å². The summed E-state index contributed by atoms with van der Waals surface area (Å²) in [5, 5.41) is 11.8. The molecule has 2 rings (SSSR count). The lowest BCUT2D eigenvalue weighted by atomic mass is 10.1. The average molecular weight is 237 g/mol. The van der Waals surface area contributed by atoms with Crippen molar-refractivity contribution in [3.8, 4) is 6.07 Å². The maximum absolute atomic E-state index is 13.7. The van der Waals surface area contributed by atoms with E-state index in [1.807, 2.05) is 6.92 Å². The van der Waals surface area contributed by atoms with Crippen LogP contribution >= 0.6 is 0 Å². The second-order valence-electron chi connectivity index (χ2n) is 4.20. The lowest BCUT2D eigenvalue weighted by molar-refractivity contribution is 0.477. The van der Waals surface area contributed by atoms with Gasteiger partial charge in [0.25, 0.3) is 0 Å². The third-order valence-corrected chi connectivity index (χ3v) is 2.87. The van der Waals surface area contributed by atoms with Crippen LogP contribution in [0.5, 0.6) is 0 Å². The van der Waals surface area contributed by atoms with E-state index in [0.717, 1.165) is 18.7 Å². The fourth-order valence-corrected chi connectivity index (χ4v) is 2.02. The van der Waals surface area contributed by atoms with Gasteiger partial charge in [-0.05, 0) is 13.0 Å². The van der Waals surface area contributed by atoms with Crippen LogP contribution in [0.4, 0.5) is 14.5 Å². The van der Waals surface area contributed by atoms with E-state index in [9.17, 15) is 8.78 Å². The first-order valence-corrected chi connectivity index (χ1v) is 5.49. The minimum Gasteiger partial charge on any atom is -0.366 e. The third-order valence-electron chi connectivity index (χ3n) is 2.87. The summed E-state index contributed by atoms with van der Waals surface area (Å²) in [5.74, 6) is -1.22. The van der Waals surface area contributed by atoms with Crippen LogP contribution in [0.25, 0.3) is 0 Å². The molecule has 1 N–H and O–H groups in total. The highest BCUT2D eigenvalue weighted by molar-refractivity contribution is 5.52. The topological polar surface area (TPSA) is 39.1 Å². The molecule has 1 aromatic rings. The van der Waals surface area contributed by atoms with Crippen LogP contribution in [0.1, 0.15) is 12.5 Å². The Morgan fingerprint density at radius 1 is 1.41 bits per heavy atom. The van der Waals surface area contributed by atoms with E-state index in [1.54, 1.807) is 11.0 Å². The van der Waals surface area contributed by atoms with Gasteiger partial charge in [0, 0.05) is 31.7 Å². The van der Waals surface area contributed by atoms with Gasteiger partial charge in [0.1, 0.15) is 17.7 Å². The van der Waals surface area contributed by atoms with Gasteiger partial charge >= 0.3 is 0 Å². The number of nitrogens with one attached hydrogen (secondary N) is 1. The molecule has 1 saturated heterocycles. The first kappa shape index (κ1) is 11.8. The molecule has 90 valence electrons. The molecule has 1 heterocycles. The van der Waals surface area contributed by atoms with Gasteiger partial charge in [-0.3, -0.25) is 0 Å². The second-order valence-corrected chi connectivity index (χ2v) is 4.20. The average Bonchev–Trinajstić information content (AvgIpc) is 2.31. The predicted octanol–water partition coefficient (Wildman–Crippen LogP) is 1.63. The molecule has 5 heteroatoms. The molecule has 0 amide bonds. The number of nitrogens with zero attached hydrogens (tertiary/aromatic N) is 2. The number of benzene rings is 1. The maximum atomic E-state index is 13.7. The van der Waals surface area contributed by atoms with Crippen molar-refractivity contribution in [1.29, 1.82) is 5.26 Å². The number of rotatable bonds is 1. The first-order chi connectivity index (χ1) is 8.11. The lowest BCUT2D eigenvalue weighted by Gasteiger charge is -2.33. The van der Waals surface area contributed by atoms with Crippen LogP contribution in [0.2, 0.25) is 0 Å². The molecule has 1 atom stereocenters. The normalized spacial score (nSPS) is 20.1.